The summed E-state index contributed by atoms with van der Waals surface area (Å²) in [6.07, 6.45) is 3.52. The number of nitrogens with two attached hydrogens (primary N) is 1. The minimum absolute atomic E-state index is 0.000674. The van der Waals surface area contributed by atoms with Gasteiger partial charge in [0.2, 0.25) is 0 Å². The number of ether oxygens (including phenoxy) is 1. The smallest absolute Gasteiger partial charge is 0.314 e. The fourth-order valence-electron chi connectivity index (χ4n) is 2.56. The van der Waals surface area contributed by atoms with Crippen LogP contribution in [0, 0.1) is 17.2 Å². The highest BCUT2D eigenvalue weighted by atomic mass is 35.5. The van der Waals surface area contributed by atoms with Crippen LogP contribution in [0.5, 0.6) is 5.75 Å². The zero-order chi connectivity index (χ0) is 15.2. The molecule has 21 heavy (non-hydrogen) atoms. The number of benzene rings is 1. The van der Waals surface area contributed by atoms with E-state index in [2.05, 4.69) is 5.32 Å². The Morgan fingerprint density at radius 2 is 1.90 bits per heavy atom. The molecular formula is C15H20ClN3O2. The van der Waals surface area contributed by atoms with E-state index in [0.717, 1.165) is 25.7 Å². The van der Waals surface area contributed by atoms with Crippen LogP contribution in [0.4, 0.5) is 0 Å². The highest BCUT2D eigenvalue weighted by Gasteiger charge is 2.27. The molecule has 0 radical (unpaired) electrons. The molecule has 1 aromatic carbocycles. The van der Waals surface area contributed by atoms with Gasteiger partial charge in [-0.1, -0.05) is 11.6 Å². The molecule has 6 heteroatoms. The minimum Gasteiger partial charge on any atom is -0.426 e. The third-order valence-electron chi connectivity index (χ3n) is 3.79. The lowest BCUT2D eigenvalue weighted by Gasteiger charge is -2.27. The van der Waals surface area contributed by atoms with Crippen molar-refractivity contribution in [3.05, 3.63) is 29.3 Å². The van der Waals surface area contributed by atoms with Gasteiger partial charge in [0, 0.05) is 11.6 Å². The van der Waals surface area contributed by atoms with E-state index in [9.17, 15) is 4.79 Å². The number of esters is 1. The topological polar surface area (TPSA) is 88.2 Å². The summed E-state index contributed by atoms with van der Waals surface area (Å²) in [5.74, 6) is 0.780. The number of rotatable bonds is 4. The summed E-state index contributed by atoms with van der Waals surface area (Å²) in [5, 5.41) is 10.6. The Morgan fingerprint density at radius 1 is 1.29 bits per heavy atom. The quantitative estimate of drug-likeness (QED) is 0.345. The van der Waals surface area contributed by atoms with E-state index in [0.29, 0.717) is 23.2 Å². The second-order valence-electron chi connectivity index (χ2n) is 5.39. The fourth-order valence-corrected chi connectivity index (χ4v) is 2.68. The van der Waals surface area contributed by atoms with Crippen molar-refractivity contribution in [3.8, 4) is 5.75 Å². The zero-order valence-corrected chi connectivity index (χ0v) is 12.5. The van der Waals surface area contributed by atoms with Crippen molar-refractivity contribution in [2.24, 2.45) is 17.6 Å². The maximum Gasteiger partial charge on any atom is 0.314 e. The van der Waals surface area contributed by atoms with Gasteiger partial charge in [-0.25, -0.2) is 0 Å². The first-order chi connectivity index (χ1) is 10.0. The van der Waals surface area contributed by atoms with Crippen LogP contribution in [0.3, 0.4) is 0 Å². The fraction of sp³-hybridized carbons (Fsp3) is 0.467. The van der Waals surface area contributed by atoms with E-state index in [4.69, 9.17) is 27.5 Å². The van der Waals surface area contributed by atoms with E-state index in [1.807, 2.05) is 0 Å². The van der Waals surface area contributed by atoms with Gasteiger partial charge in [0.25, 0.3) is 0 Å². The third kappa shape index (κ3) is 4.93. The molecule has 0 unspecified atom stereocenters. The first-order valence-electron chi connectivity index (χ1n) is 7.09. The molecule has 1 saturated carbocycles. The minimum atomic E-state index is -0.171. The van der Waals surface area contributed by atoms with Crippen molar-refractivity contribution in [2.45, 2.75) is 25.7 Å². The van der Waals surface area contributed by atoms with Gasteiger partial charge in [0.1, 0.15) is 5.75 Å². The highest BCUT2D eigenvalue weighted by Crippen LogP contribution is 2.29. The molecule has 0 aromatic heterocycles. The molecule has 1 fully saturated rings. The van der Waals surface area contributed by atoms with E-state index in [1.165, 1.54) is 0 Å². The van der Waals surface area contributed by atoms with Gasteiger partial charge in [-0.3, -0.25) is 10.2 Å². The lowest BCUT2D eigenvalue weighted by molar-refractivity contribution is -0.140. The summed E-state index contributed by atoms with van der Waals surface area (Å²) in [5.41, 5.74) is 5.27. The summed E-state index contributed by atoms with van der Waals surface area (Å²) in [7, 11) is 0. The number of nitrogens with one attached hydrogen (secondary N) is 2. The summed E-state index contributed by atoms with van der Waals surface area (Å²) in [4.78, 5) is 12.1. The van der Waals surface area contributed by atoms with E-state index in [-0.39, 0.29) is 17.8 Å². The Labute approximate surface area is 129 Å². The number of hydrogen-bond donors (Lipinski definition) is 3. The number of halogens is 1. The van der Waals surface area contributed by atoms with E-state index >= 15 is 0 Å². The Kier molecular flexibility index (Phi) is 5.44. The van der Waals surface area contributed by atoms with Crippen molar-refractivity contribution >= 4 is 23.5 Å². The first-order valence-corrected chi connectivity index (χ1v) is 7.47. The molecule has 1 aromatic rings. The average molecular weight is 310 g/mol. The van der Waals surface area contributed by atoms with Crippen LogP contribution in [0.15, 0.2) is 24.3 Å². The van der Waals surface area contributed by atoms with Gasteiger partial charge in [-0.15, -0.1) is 0 Å². The molecule has 1 aliphatic rings. The molecule has 2 rings (SSSR count). The Hall–Kier alpha value is -1.75. The van der Waals surface area contributed by atoms with Gasteiger partial charge in [-0.05, 0) is 55.9 Å². The lowest BCUT2D eigenvalue weighted by Crippen LogP contribution is -2.36. The summed E-state index contributed by atoms with van der Waals surface area (Å²) >= 11 is 5.79. The van der Waals surface area contributed by atoms with Crippen molar-refractivity contribution < 1.29 is 9.53 Å². The number of hydrogen-bond acceptors (Lipinski definition) is 3. The summed E-state index contributed by atoms with van der Waals surface area (Å²) < 4.78 is 5.37. The summed E-state index contributed by atoms with van der Waals surface area (Å²) in [6.45, 7) is 0.703. The third-order valence-corrected chi connectivity index (χ3v) is 4.05. The monoisotopic (exact) mass is 309 g/mol. The molecule has 114 valence electrons. The first kappa shape index (κ1) is 15.6. The normalized spacial score (nSPS) is 21.6. The average Bonchev–Trinajstić information content (AvgIpc) is 2.48. The van der Waals surface area contributed by atoms with E-state index < -0.39 is 0 Å². The maximum absolute atomic E-state index is 12.1. The van der Waals surface area contributed by atoms with Gasteiger partial charge in [0.05, 0.1) is 5.92 Å². The van der Waals surface area contributed by atoms with Crippen LogP contribution in [-0.2, 0) is 4.79 Å². The van der Waals surface area contributed by atoms with Gasteiger partial charge in [-0.2, -0.15) is 0 Å². The van der Waals surface area contributed by atoms with Crippen LogP contribution in [0.25, 0.3) is 0 Å². The number of carbonyl (C=O) groups excluding carboxylic acids is 1. The number of guanidine groups is 1. The van der Waals surface area contributed by atoms with Crippen molar-refractivity contribution in [1.29, 1.82) is 5.41 Å². The Balaban J connectivity index is 1.77. The van der Waals surface area contributed by atoms with Crippen LogP contribution in [0.2, 0.25) is 5.02 Å². The predicted octanol–water partition coefficient (Wildman–Crippen LogP) is 2.53. The van der Waals surface area contributed by atoms with Gasteiger partial charge in [0.15, 0.2) is 5.96 Å². The molecule has 0 amide bonds. The molecular weight excluding hydrogens is 290 g/mol. The molecule has 4 N–H and O–H groups in total. The molecule has 0 saturated heterocycles. The largest absolute Gasteiger partial charge is 0.426 e. The maximum atomic E-state index is 12.1. The van der Waals surface area contributed by atoms with Crippen molar-refractivity contribution in [1.82, 2.24) is 5.32 Å². The molecule has 0 bridgehead atoms. The van der Waals surface area contributed by atoms with Crippen LogP contribution < -0.4 is 15.8 Å². The second kappa shape index (κ2) is 7.31. The standard InChI is InChI=1S/C15H20ClN3O2/c16-12-5-7-13(8-6-12)21-14(20)11-3-1-10(2-4-11)9-19-15(17)18/h5-8,10-11H,1-4,9H2,(H4,17,18,19)/t10-,11-. The van der Waals surface area contributed by atoms with E-state index in [1.54, 1.807) is 24.3 Å². The van der Waals surface area contributed by atoms with Crippen LogP contribution >= 0.6 is 11.6 Å². The zero-order valence-electron chi connectivity index (χ0n) is 11.8. The lowest BCUT2D eigenvalue weighted by atomic mass is 9.82. The predicted molar refractivity (Wildman–Crippen MR) is 82.5 cm³/mol. The molecule has 0 heterocycles. The van der Waals surface area contributed by atoms with Crippen LogP contribution in [-0.4, -0.2) is 18.5 Å². The number of carbonyl (C=O) groups is 1. The second-order valence-corrected chi connectivity index (χ2v) is 5.82. The molecule has 0 spiro atoms. The van der Waals surface area contributed by atoms with Crippen molar-refractivity contribution in [2.75, 3.05) is 6.54 Å². The molecule has 5 nitrogen and oxygen atoms in total. The highest BCUT2D eigenvalue weighted by molar-refractivity contribution is 6.30. The van der Waals surface area contributed by atoms with Gasteiger partial charge < -0.3 is 15.8 Å². The SMILES string of the molecule is N=C(N)NC[C@H]1CC[C@H](C(=O)Oc2ccc(Cl)cc2)CC1. The van der Waals surface area contributed by atoms with Gasteiger partial charge >= 0.3 is 5.97 Å². The van der Waals surface area contributed by atoms with Crippen molar-refractivity contribution in [3.63, 3.8) is 0 Å². The Morgan fingerprint density at radius 3 is 2.48 bits per heavy atom. The summed E-state index contributed by atoms with van der Waals surface area (Å²) in [6, 6.07) is 6.80. The molecule has 0 atom stereocenters. The Bertz CT molecular complexity index is 496. The molecule has 0 aliphatic heterocycles. The molecule has 1 aliphatic carbocycles. The van der Waals surface area contributed by atoms with Crippen LogP contribution in [0.1, 0.15) is 25.7 Å².